The van der Waals surface area contributed by atoms with E-state index in [1.807, 2.05) is 0 Å². The van der Waals surface area contributed by atoms with Gasteiger partial charge in [0.15, 0.2) is 11.6 Å². The molecule has 0 saturated heterocycles. The number of aromatic carboxylic acids is 1. The van der Waals surface area contributed by atoms with Gasteiger partial charge in [0.25, 0.3) is 0 Å². The average molecular weight is 276 g/mol. The molecule has 0 bridgehead atoms. The fourth-order valence-electron chi connectivity index (χ4n) is 1.85. The quantitative estimate of drug-likeness (QED) is 0.930. The van der Waals surface area contributed by atoms with Crippen LogP contribution in [0, 0.1) is 5.82 Å². The van der Waals surface area contributed by atoms with Crippen LogP contribution in [0.4, 0.5) is 15.9 Å². The van der Waals surface area contributed by atoms with Gasteiger partial charge in [0.1, 0.15) is 11.3 Å². The van der Waals surface area contributed by atoms with Crippen LogP contribution in [0.1, 0.15) is 10.4 Å². The van der Waals surface area contributed by atoms with E-state index in [-0.39, 0.29) is 5.82 Å². The minimum atomic E-state index is -1.33. The maximum atomic E-state index is 14.2. The van der Waals surface area contributed by atoms with Crippen LogP contribution in [-0.4, -0.2) is 30.2 Å². The summed E-state index contributed by atoms with van der Waals surface area (Å²) in [6.45, 7) is 0. The molecule has 0 unspecified atom stereocenters. The van der Waals surface area contributed by atoms with E-state index in [1.165, 1.54) is 18.2 Å². The van der Waals surface area contributed by atoms with Gasteiger partial charge in [-0.3, -0.25) is 0 Å². The Morgan fingerprint density at radius 2 is 2.05 bits per heavy atom. The maximum absolute atomic E-state index is 14.2. The molecule has 0 atom stereocenters. The third-order valence-electron chi connectivity index (χ3n) is 2.87. The molecule has 104 valence electrons. The Morgan fingerprint density at radius 3 is 2.70 bits per heavy atom. The topological polar surface area (TPSA) is 62.7 Å². The van der Waals surface area contributed by atoms with Crippen LogP contribution in [0.15, 0.2) is 36.5 Å². The van der Waals surface area contributed by atoms with Gasteiger partial charge in [0, 0.05) is 13.2 Å². The van der Waals surface area contributed by atoms with Crippen LogP contribution in [0.2, 0.25) is 0 Å². The van der Waals surface area contributed by atoms with E-state index >= 15 is 0 Å². The Morgan fingerprint density at radius 1 is 1.35 bits per heavy atom. The van der Waals surface area contributed by atoms with Crippen molar-refractivity contribution in [3.05, 3.63) is 47.9 Å². The van der Waals surface area contributed by atoms with E-state index in [9.17, 15) is 9.18 Å². The van der Waals surface area contributed by atoms with Crippen LogP contribution in [0.25, 0.3) is 0 Å². The number of hydrogen-bond donors (Lipinski definition) is 1. The van der Waals surface area contributed by atoms with Crippen LogP contribution >= 0.6 is 0 Å². The molecule has 0 aliphatic rings. The first-order valence-electron chi connectivity index (χ1n) is 5.80. The van der Waals surface area contributed by atoms with Gasteiger partial charge in [-0.25, -0.2) is 14.2 Å². The van der Waals surface area contributed by atoms with Crippen molar-refractivity contribution in [3.63, 3.8) is 0 Å². The summed E-state index contributed by atoms with van der Waals surface area (Å²) in [6.07, 6.45) is 1.26. The Labute approximate surface area is 115 Å². The predicted molar refractivity (Wildman–Crippen MR) is 72.2 cm³/mol. The monoisotopic (exact) mass is 276 g/mol. The Kier molecular flexibility index (Phi) is 3.84. The molecule has 0 fully saturated rings. The van der Waals surface area contributed by atoms with Gasteiger partial charge in [0.05, 0.1) is 12.8 Å². The highest BCUT2D eigenvalue weighted by atomic mass is 19.1. The first-order valence-corrected chi connectivity index (χ1v) is 5.80. The third-order valence-corrected chi connectivity index (χ3v) is 2.87. The summed E-state index contributed by atoms with van der Waals surface area (Å²) in [7, 11) is 3.10. The molecule has 0 aliphatic carbocycles. The first kappa shape index (κ1) is 13.8. The second-order valence-electron chi connectivity index (χ2n) is 4.03. The molecule has 0 amide bonds. The van der Waals surface area contributed by atoms with E-state index in [2.05, 4.69) is 4.98 Å². The SMILES string of the molecule is COc1ccccc1N(C)c1nccc(C(=O)O)c1F. The number of carboxylic acid groups (broad SMARTS) is 1. The lowest BCUT2D eigenvalue weighted by atomic mass is 10.2. The molecule has 0 radical (unpaired) electrons. The maximum Gasteiger partial charge on any atom is 0.338 e. The third kappa shape index (κ3) is 2.40. The fourth-order valence-corrected chi connectivity index (χ4v) is 1.85. The zero-order valence-electron chi connectivity index (χ0n) is 11.0. The predicted octanol–water partition coefficient (Wildman–Crippen LogP) is 2.70. The number of carboxylic acids is 1. The molecule has 0 saturated carbocycles. The van der Waals surface area contributed by atoms with Crippen molar-refractivity contribution < 1.29 is 19.0 Å². The number of carbonyl (C=O) groups is 1. The van der Waals surface area contributed by atoms with Crippen molar-refractivity contribution in [2.45, 2.75) is 0 Å². The van der Waals surface area contributed by atoms with Crippen molar-refractivity contribution in [3.8, 4) is 5.75 Å². The van der Waals surface area contributed by atoms with Gasteiger partial charge < -0.3 is 14.7 Å². The van der Waals surface area contributed by atoms with Crippen LogP contribution in [-0.2, 0) is 0 Å². The fraction of sp³-hybridized carbons (Fsp3) is 0.143. The second-order valence-corrected chi connectivity index (χ2v) is 4.03. The number of para-hydroxylation sites is 2. The average Bonchev–Trinajstić information content (AvgIpc) is 2.46. The van der Waals surface area contributed by atoms with E-state index in [0.717, 1.165) is 6.07 Å². The number of nitrogens with zero attached hydrogens (tertiary/aromatic N) is 2. The van der Waals surface area contributed by atoms with Crippen molar-refractivity contribution in [2.24, 2.45) is 0 Å². The Balaban J connectivity index is 2.51. The van der Waals surface area contributed by atoms with E-state index in [0.29, 0.717) is 11.4 Å². The number of pyridine rings is 1. The summed E-state index contributed by atoms with van der Waals surface area (Å²) in [5, 5.41) is 8.93. The molecule has 0 spiro atoms. The number of ether oxygens (including phenoxy) is 1. The normalized spacial score (nSPS) is 10.2. The molecule has 1 aromatic carbocycles. The van der Waals surface area contributed by atoms with E-state index in [4.69, 9.17) is 9.84 Å². The van der Waals surface area contributed by atoms with Crippen LogP contribution in [0.3, 0.4) is 0 Å². The number of benzene rings is 1. The molecule has 5 nitrogen and oxygen atoms in total. The van der Waals surface area contributed by atoms with Crippen molar-refractivity contribution in [2.75, 3.05) is 19.1 Å². The lowest BCUT2D eigenvalue weighted by Gasteiger charge is -2.21. The van der Waals surface area contributed by atoms with Gasteiger partial charge in [-0.1, -0.05) is 12.1 Å². The zero-order valence-corrected chi connectivity index (χ0v) is 11.0. The van der Waals surface area contributed by atoms with Crippen LogP contribution in [0.5, 0.6) is 5.75 Å². The number of halogens is 1. The molecule has 1 N–H and O–H groups in total. The smallest absolute Gasteiger partial charge is 0.338 e. The standard InChI is InChI=1S/C14H13FN2O3/c1-17(10-5-3-4-6-11(10)20-2)13-12(15)9(14(18)19)7-8-16-13/h3-8H,1-2H3,(H,18,19). The summed E-state index contributed by atoms with van der Waals surface area (Å²) >= 11 is 0. The van der Waals surface area contributed by atoms with Gasteiger partial charge in [-0.15, -0.1) is 0 Å². The molecular weight excluding hydrogens is 263 g/mol. The summed E-state index contributed by atoms with van der Waals surface area (Å²) < 4.78 is 19.4. The molecule has 2 rings (SSSR count). The summed E-state index contributed by atoms with van der Waals surface area (Å²) in [5.74, 6) is -1.75. The molecule has 1 heterocycles. The van der Waals surface area contributed by atoms with Crippen molar-refractivity contribution in [1.82, 2.24) is 4.98 Å². The Hall–Kier alpha value is -2.63. The molecular formula is C14H13FN2O3. The molecule has 20 heavy (non-hydrogen) atoms. The minimum absolute atomic E-state index is 0.0746. The highest BCUT2D eigenvalue weighted by Crippen LogP contribution is 2.32. The number of anilines is 2. The van der Waals surface area contributed by atoms with Gasteiger partial charge >= 0.3 is 5.97 Å². The first-order chi connectivity index (χ1) is 9.56. The number of hydrogen-bond acceptors (Lipinski definition) is 4. The Bertz CT molecular complexity index is 646. The minimum Gasteiger partial charge on any atom is -0.495 e. The van der Waals surface area contributed by atoms with Gasteiger partial charge in [0.2, 0.25) is 0 Å². The van der Waals surface area contributed by atoms with E-state index in [1.54, 1.807) is 31.3 Å². The van der Waals surface area contributed by atoms with Gasteiger partial charge in [-0.2, -0.15) is 0 Å². The summed E-state index contributed by atoms with van der Waals surface area (Å²) in [6, 6.07) is 8.14. The molecule has 2 aromatic rings. The molecule has 1 aromatic heterocycles. The summed E-state index contributed by atoms with van der Waals surface area (Å²) in [4.78, 5) is 16.3. The number of aromatic nitrogens is 1. The second kappa shape index (κ2) is 5.56. The van der Waals surface area contributed by atoms with Crippen molar-refractivity contribution in [1.29, 1.82) is 0 Å². The lowest BCUT2D eigenvalue weighted by Crippen LogP contribution is -2.16. The van der Waals surface area contributed by atoms with Gasteiger partial charge in [-0.05, 0) is 18.2 Å². The largest absolute Gasteiger partial charge is 0.495 e. The summed E-state index contributed by atoms with van der Waals surface area (Å²) in [5.41, 5.74) is 0.167. The zero-order chi connectivity index (χ0) is 14.7. The van der Waals surface area contributed by atoms with Crippen LogP contribution < -0.4 is 9.64 Å². The molecule has 0 aliphatic heterocycles. The van der Waals surface area contributed by atoms with E-state index < -0.39 is 17.3 Å². The highest BCUT2D eigenvalue weighted by molar-refractivity contribution is 5.89. The van der Waals surface area contributed by atoms with Crippen molar-refractivity contribution >= 4 is 17.5 Å². The lowest BCUT2D eigenvalue weighted by molar-refractivity contribution is 0.0692. The number of methoxy groups -OCH3 is 1. The molecule has 6 heteroatoms. The number of rotatable bonds is 4. The highest BCUT2D eigenvalue weighted by Gasteiger charge is 2.20.